The van der Waals surface area contributed by atoms with Gasteiger partial charge in [0.25, 0.3) is 0 Å². The van der Waals surface area contributed by atoms with Gasteiger partial charge in [0.1, 0.15) is 0 Å². The fourth-order valence-corrected chi connectivity index (χ4v) is 4.62. The van der Waals surface area contributed by atoms with Crippen molar-refractivity contribution in [3.8, 4) is 0 Å². The topological polar surface area (TPSA) is 74.9 Å². The minimum absolute atomic E-state index is 0.0266. The highest BCUT2D eigenvalue weighted by Crippen LogP contribution is 2.15. The second-order valence-corrected chi connectivity index (χ2v) is 9.41. The first kappa shape index (κ1) is 19.0. The highest BCUT2D eigenvalue weighted by atomic mass is 32.2. The maximum Gasteiger partial charge on any atom is 0.500 e. The lowest BCUT2D eigenvalue weighted by Crippen LogP contribution is -2.50. The molecule has 0 saturated carbocycles. The molecule has 0 spiro atoms. The molecule has 1 rings (SSSR count). The summed E-state index contributed by atoms with van der Waals surface area (Å²) in [5, 5.41) is 0. The number of rotatable bonds is 10. The summed E-state index contributed by atoms with van der Waals surface area (Å²) in [6.07, 6.45) is 2.57. The quantitative estimate of drug-likeness (QED) is 0.453. The molecule has 1 aromatic heterocycles. The van der Waals surface area contributed by atoms with E-state index in [2.05, 4.69) is 0 Å². The molecular formula is C13H24NO6SSi+. The molecule has 1 heterocycles. The van der Waals surface area contributed by atoms with Crippen molar-refractivity contribution in [1.29, 1.82) is 0 Å². The van der Waals surface area contributed by atoms with Gasteiger partial charge >= 0.3 is 18.9 Å². The Bertz CT molecular complexity index is 553. The third-order valence-electron chi connectivity index (χ3n) is 3.17. The van der Waals surface area contributed by atoms with Crippen molar-refractivity contribution in [2.75, 3.05) is 27.1 Å². The smallest absolute Gasteiger partial charge is 0.377 e. The van der Waals surface area contributed by atoms with E-state index in [0.717, 1.165) is 0 Å². The molecule has 0 N–H and O–H groups in total. The van der Waals surface area contributed by atoms with Crippen molar-refractivity contribution in [2.45, 2.75) is 25.8 Å². The SMILES string of the molecule is CCCS(=O)(=O)O[n+]1ccccc1CC[Si](OC)(OC)OC. The number of pyridine rings is 1. The normalized spacial score (nSPS) is 12.4. The summed E-state index contributed by atoms with van der Waals surface area (Å²) in [6.45, 7) is 1.78. The lowest BCUT2D eigenvalue weighted by Gasteiger charge is -2.23. The molecule has 0 aromatic carbocycles. The summed E-state index contributed by atoms with van der Waals surface area (Å²) in [4.78, 5) is 0. The van der Waals surface area contributed by atoms with E-state index >= 15 is 0 Å². The van der Waals surface area contributed by atoms with E-state index in [4.69, 9.17) is 17.6 Å². The van der Waals surface area contributed by atoms with Gasteiger partial charge in [-0.2, -0.15) is 8.42 Å². The molecule has 0 fully saturated rings. The van der Waals surface area contributed by atoms with E-state index in [-0.39, 0.29) is 5.75 Å². The van der Waals surface area contributed by atoms with Crippen LogP contribution in [0.5, 0.6) is 0 Å². The molecule has 126 valence electrons. The first-order valence-electron chi connectivity index (χ1n) is 6.99. The number of hydrogen-bond donors (Lipinski definition) is 0. The van der Waals surface area contributed by atoms with Crippen LogP contribution < -0.4 is 9.01 Å². The van der Waals surface area contributed by atoms with Crippen LogP contribution in [0.1, 0.15) is 19.0 Å². The minimum Gasteiger partial charge on any atom is -0.377 e. The Kier molecular flexibility index (Phi) is 7.43. The van der Waals surface area contributed by atoms with Crippen LogP contribution in [0.25, 0.3) is 0 Å². The molecule has 0 atom stereocenters. The maximum atomic E-state index is 11.8. The van der Waals surface area contributed by atoms with Crippen LogP contribution in [0.2, 0.25) is 6.04 Å². The van der Waals surface area contributed by atoms with Crippen molar-refractivity contribution < 1.29 is 30.7 Å². The van der Waals surface area contributed by atoms with E-state index in [1.54, 1.807) is 46.6 Å². The van der Waals surface area contributed by atoms with Crippen molar-refractivity contribution >= 4 is 18.9 Å². The molecule has 1 aromatic rings. The summed E-state index contributed by atoms with van der Waals surface area (Å²) in [5.74, 6) is -0.0266. The second-order valence-electron chi connectivity index (χ2n) is 4.65. The standard InChI is InChI=1S/C13H24NO6SSi/c1-5-11-21(15,16)20-14-10-7-6-8-13(14)9-12-22(17-2,18-3)19-4/h6-8,10H,5,9,11-12H2,1-4H3/q+1. The van der Waals surface area contributed by atoms with Crippen LogP contribution in [0.15, 0.2) is 24.4 Å². The average molecular weight is 350 g/mol. The van der Waals surface area contributed by atoms with Gasteiger partial charge in [-0.25, -0.2) is 0 Å². The first-order valence-corrected chi connectivity index (χ1v) is 10.5. The number of nitrogens with zero attached hydrogens (tertiary/aromatic N) is 1. The van der Waals surface area contributed by atoms with Crippen molar-refractivity contribution in [1.82, 2.24) is 0 Å². The average Bonchev–Trinajstić information content (AvgIpc) is 2.50. The zero-order valence-corrected chi connectivity index (χ0v) is 15.3. The Morgan fingerprint density at radius 2 is 1.77 bits per heavy atom. The van der Waals surface area contributed by atoms with Crippen molar-refractivity contribution in [2.24, 2.45) is 0 Å². The summed E-state index contributed by atoms with van der Waals surface area (Å²) in [5.41, 5.74) is 0.699. The van der Waals surface area contributed by atoms with Crippen LogP contribution in [-0.4, -0.2) is 44.3 Å². The predicted octanol–water partition coefficient (Wildman–Crippen LogP) is 0.563. The number of hydrogen-bond acceptors (Lipinski definition) is 6. The maximum absolute atomic E-state index is 11.8. The molecule has 0 bridgehead atoms. The van der Waals surface area contributed by atoms with Gasteiger partial charge in [-0.05, 0) is 12.5 Å². The van der Waals surface area contributed by atoms with Gasteiger partial charge in [0.15, 0.2) is 0 Å². The van der Waals surface area contributed by atoms with Gasteiger partial charge in [0, 0.05) is 50.7 Å². The monoisotopic (exact) mass is 350 g/mol. The van der Waals surface area contributed by atoms with Gasteiger partial charge in [0.05, 0.1) is 5.75 Å². The van der Waals surface area contributed by atoms with Crippen molar-refractivity contribution in [3.63, 3.8) is 0 Å². The molecule has 7 nitrogen and oxygen atoms in total. The van der Waals surface area contributed by atoms with E-state index in [1.807, 2.05) is 6.07 Å². The molecule has 0 aliphatic heterocycles. The number of aromatic nitrogens is 1. The predicted molar refractivity (Wildman–Crippen MR) is 82.6 cm³/mol. The zero-order chi connectivity index (χ0) is 16.6. The van der Waals surface area contributed by atoms with Crippen molar-refractivity contribution in [3.05, 3.63) is 30.1 Å². The fourth-order valence-electron chi connectivity index (χ4n) is 1.98. The first-order chi connectivity index (χ1) is 10.4. The van der Waals surface area contributed by atoms with Gasteiger partial charge < -0.3 is 13.3 Å². The van der Waals surface area contributed by atoms with Gasteiger partial charge in [-0.15, -0.1) is 4.28 Å². The molecule has 22 heavy (non-hydrogen) atoms. The Balaban J connectivity index is 2.89. The fraction of sp³-hybridized carbons (Fsp3) is 0.615. The summed E-state index contributed by atoms with van der Waals surface area (Å²) in [6, 6.07) is 5.83. The summed E-state index contributed by atoms with van der Waals surface area (Å²) in [7, 11) is -1.69. The van der Waals surface area contributed by atoms with Crippen LogP contribution in [0, 0.1) is 0 Å². The third-order valence-corrected chi connectivity index (χ3v) is 7.20. The van der Waals surface area contributed by atoms with E-state index in [1.165, 1.54) is 4.73 Å². The molecule has 9 heteroatoms. The largest absolute Gasteiger partial charge is 0.500 e. The Morgan fingerprint density at radius 3 is 2.32 bits per heavy atom. The van der Waals surface area contributed by atoms with E-state index in [9.17, 15) is 8.42 Å². The molecule has 0 aliphatic rings. The highest BCUT2D eigenvalue weighted by Gasteiger charge is 2.38. The molecular weight excluding hydrogens is 326 g/mol. The minimum atomic E-state index is -3.60. The molecule has 0 unspecified atom stereocenters. The van der Waals surface area contributed by atoms with Crippen LogP contribution in [-0.2, 0) is 29.8 Å². The Morgan fingerprint density at radius 1 is 1.14 bits per heavy atom. The van der Waals surface area contributed by atoms with Gasteiger partial charge in [0.2, 0.25) is 11.9 Å². The zero-order valence-electron chi connectivity index (χ0n) is 13.4. The van der Waals surface area contributed by atoms with Crippen LogP contribution in [0.3, 0.4) is 0 Å². The van der Waals surface area contributed by atoms with Crippen LogP contribution >= 0.6 is 0 Å². The van der Waals surface area contributed by atoms with Gasteiger partial charge in [-0.3, -0.25) is 0 Å². The van der Waals surface area contributed by atoms with Crippen LogP contribution in [0.4, 0.5) is 0 Å². The summed E-state index contributed by atoms with van der Waals surface area (Å²) >= 11 is 0. The van der Waals surface area contributed by atoms with E-state index < -0.39 is 18.9 Å². The van der Waals surface area contributed by atoms with E-state index in [0.29, 0.717) is 24.6 Å². The third kappa shape index (κ3) is 5.32. The molecule has 0 saturated heterocycles. The molecule has 0 aliphatic carbocycles. The Hall–Kier alpha value is -1.00. The van der Waals surface area contributed by atoms with Gasteiger partial charge in [-0.1, -0.05) is 6.92 Å². The summed E-state index contributed by atoms with van der Waals surface area (Å²) < 4.78 is 46.1. The lowest BCUT2D eigenvalue weighted by molar-refractivity contribution is -0.861. The Labute approximate surface area is 133 Å². The highest BCUT2D eigenvalue weighted by molar-refractivity contribution is 7.86. The lowest BCUT2D eigenvalue weighted by atomic mass is 10.3. The molecule has 0 amide bonds. The number of aryl methyl sites for hydroxylation is 1. The molecule has 0 radical (unpaired) electrons. The second kappa shape index (κ2) is 8.58.